The third-order valence-electron chi connectivity index (χ3n) is 0.821. The molecular weight excluding hydrogens is 179 g/mol. The van der Waals surface area contributed by atoms with E-state index in [1.54, 1.807) is 0 Å². The topological polar surface area (TPSA) is 52.3 Å². The van der Waals surface area contributed by atoms with E-state index in [-0.39, 0.29) is 0 Å². The standard InChI is InChI=1S/C5H2F3NO3/c6-5(7,8)3(10)12-4-9-1-2-11-4/h1-2H. The lowest BCUT2D eigenvalue weighted by atomic mass is 10.7. The van der Waals surface area contributed by atoms with E-state index in [4.69, 9.17) is 0 Å². The van der Waals surface area contributed by atoms with E-state index in [0.29, 0.717) is 0 Å². The first-order chi connectivity index (χ1) is 5.50. The second kappa shape index (κ2) is 2.84. The van der Waals surface area contributed by atoms with Crippen molar-refractivity contribution in [2.45, 2.75) is 6.18 Å². The van der Waals surface area contributed by atoms with E-state index in [2.05, 4.69) is 14.1 Å². The van der Waals surface area contributed by atoms with Crippen molar-refractivity contribution in [2.75, 3.05) is 0 Å². The highest BCUT2D eigenvalue weighted by atomic mass is 19.4. The maximum absolute atomic E-state index is 11.5. The van der Waals surface area contributed by atoms with Crippen molar-refractivity contribution in [2.24, 2.45) is 0 Å². The van der Waals surface area contributed by atoms with Crippen molar-refractivity contribution in [3.05, 3.63) is 12.5 Å². The zero-order chi connectivity index (χ0) is 9.19. The zero-order valence-corrected chi connectivity index (χ0v) is 5.46. The molecule has 0 unspecified atom stereocenters. The molecule has 0 aliphatic carbocycles. The smallest absolute Gasteiger partial charge is 0.417 e. The molecule has 0 N–H and O–H groups in total. The molecule has 12 heavy (non-hydrogen) atoms. The maximum Gasteiger partial charge on any atom is 0.491 e. The van der Waals surface area contributed by atoms with Crippen molar-refractivity contribution >= 4 is 5.97 Å². The quantitative estimate of drug-likeness (QED) is 0.609. The summed E-state index contributed by atoms with van der Waals surface area (Å²) >= 11 is 0. The monoisotopic (exact) mass is 181 g/mol. The Labute approximate surface area is 63.9 Å². The van der Waals surface area contributed by atoms with Crippen LogP contribution in [0.25, 0.3) is 0 Å². The summed E-state index contributed by atoms with van der Waals surface area (Å²) in [5, 5.41) is 0. The van der Waals surface area contributed by atoms with Crippen LogP contribution in [0, 0.1) is 0 Å². The van der Waals surface area contributed by atoms with Gasteiger partial charge in [0.15, 0.2) is 0 Å². The van der Waals surface area contributed by atoms with E-state index in [1.165, 1.54) is 0 Å². The molecule has 0 saturated carbocycles. The molecule has 1 heterocycles. The number of hydrogen-bond donors (Lipinski definition) is 0. The predicted octanol–water partition coefficient (Wildman–Crippen LogP) is 1.14. The SMILES string of the molecule is O=C(Oc1ncco1)C(F)(F)F. The minimum atomic E-state index is -5.03. The van der Waals surface area contributed by atoms with Crippen LogP contribution in [0.4, 0.5) is 13.2 Å². The molecule has 0 aromatic carbocycles. The third-order valence-corrected chi connectivity index (χ3v) is 0.821. The van der Waals surface area contributed by atoms with Crippen LogP contribution in [-0.4, -0.2) is 17.1 Å². The van der Waals surface area contributed by atoms with Crippen molar-refractivity contribution in [3.63, 3.8) is 0 Å². The van der Waals surface area contributed by atoms with Crippen LogP contribution >= 0.6 is 0 Å². The highest BCUT2D eigenvalue weighted by molar-refractivity contribution is 5.77. The molecule has 0 bridgehead atoms. The summed E-state index contributed by atoms with van der Waals surface area (Å²) < 4.78 is 42.4. The van der Waals surface area contributed by atoms with Crippen LogP contribution in [0.1, 0.15) is 0 Å². The van der Waals surface area contributed by atoms with Crippen LogP contribution in [0.15, 0.2) is 16.9 Å². The van der Waals surface area contributed by atoms with Crippen molar-refractivity contribution < 1.29 is 27.1 Å². The van der Waals surface area contributed by atoms with Gasteiger partial charge in [0.05, 0.1) is 6.20 Å². The maximum atomic E-state index is 11.5. The molecule has 7 heteroatoms. The lowest BCUT2D eigenvalue weighted by molar-refractivity contribution is -0.191. The first kappa shape index (κ1) is 8.57. The number of halogens is 3. The fourth-order valence-corrected chi connectivity index (χ4v) is 0.398. The van der Waals surface area contributed by atoms with Gasteiger partial charge in [0.25, 0.3) is 0 Å². The normalized spacial score (nSPS) is 11.2. The summed E-state index contributed by atoms with van der Waals surface area (Å²) in [5.74, 6) is -2.36. The lowest BCUT2D eigenvalue weighted by Gasteiger charge is -2.01. The summed E-state index contributed by atoms with van der Waals surface area (Å²) in [6, 6.07) is 0. The Kier molecular flexibility index (Phi) is 2.03. The van der Waals surface area contributed by atoms with Gasteiger partial charge in [0, 0.05) is 0 Å². The van der Waals surface area contributed by atoms with Crippen molar-refractivity contribution in [3.8, 4) is 6.08 Å². The molecule has 0 amide bonds. The van der Waals surface area contributed by atoms with Crippen LogP contribution in [-0.2, 0) is 4.79 Å². The fourth-order valence-electron chi connectivity index (χ4n) is 0.398. The van der Waals surface area contributed by atoms with Gasteiger partial charge >= 0.3 is 18.2 Å². The molecule has 0 aliphatic heterocycles. The van der Waals surface area contributed by atoms with Gasteiger partial charge in [0.1, 0.15) is 6.26 Å². The molecule has 0 fully saturated rings. The number of oxazole rings is 1. The second-order valence-corrected chi connectivity index (χ2v) is 1.69. The molecule has 1 aromatic rings. The third kappa shape index (κ3) is 1.97. The molecule has 0 radical (unpaired) electrons. The molecular formula is C5H2F3NO3. The van der Waals surface area contributed by atoms with Crippen LogP contribution in [0.3, 0.4) is 0 Å². The van der Waals surface area contributed by atoms with Crippen molar-refractivity contribution in [1.29, 1.82) is 0 Å². The number of esters is 1. The average molecular weight is 181 g/mol. The summed E-state index contributed by atoms with van der Waals surface area (Å²) in [6.07, 6.45) is -3.72. The van der Waals surface area contributed by atoms with Crippen LogP contribution in [0.2, 0.25) is 0 Å². The molecule has 0 aliphatic rings. The van der Waals surface area contributed by atoms with Gasteiger partial charge in [-0.3, -0.25) is 0 Å². The number of aromatic nitrogens is 1. The van der Waals surface area contributed by atoms with Gasteiger partial charge in [-0.25, -0.2) is 4.79 Å². The fraction of sp³-hybridized carbons (Fsp3) is 0.200. The minimum Gasteiger partial charge on any atom is -0.417 e. The Morgan fingerprint density at radius 2 is 2.25 bits per heavy atom. The Morgan fingerprint density at radius 3 is 2.67 bits per heavy atom. The predicted molar refractivity (Wildman–Crippen MR) is 28.2 cm³/mol. The molecule has 66 valence electrons. The number of alkyl halides is 3. The Hall–Kier alpha value is -1.53. The van der Waals surface area contributed by atoms with Crippen LogP contribution < -0.4 is 4.74 Å². The van der Waals surface area contributed by atoms with Gasteiger partial charge in [-0.2, -0.15) is 18.2 Å². The molecule has 1 aromatic heterocycles. The van der Waals surface area contributed by atoms with Gasteiger partial charge in [-0.15, -0.1) is 0 Å². The average Bonchev–Trinajstić information content (AvgIpc) is 2.37. The van der Waals surface area contributed by atoms with E-state index in [0.717, 1.165) is 12.5 Å². The molecule has 0 saturated heterocycles. The highest BCUT2D eigenvalue weighted by Crippen LogP contribution is 2.18. The molecule has 0 spiro atoms. The molecule has 4 nitrogen and oxygen atoms in total. The number of ether oxygens (including phenoxy) is 1. The van der Waals surface area contributed by atoms with Gasteiger partial charge < -0.3 is 9.15 Å². The first-order valence-corrected chi connectivity index (χ1v) is 2.68. The Balaban J connectivity index is 2.60. The number of rotatable bonds is 1. The number of carbonyl (C=O) groups excluding carboxylic acids is 1. The van der Waals surface area contributed by atoms with E-state index in [9.17, 15) is 18.0 Å². The summed E-state index contributed by atoms with van der Waals surface area (Å²) in [6.45, 7) is 0. The highest BCUT2D eigenvalue weighted by Gasteiger charge is 2.42. The lowest BCUT2D eigenvalue weighted by Crippen LogP contribution is -2.28. The van der Waals surface area contributed by atoms with E-state index in [1.807, 2.05) is 0 Å². The summed E-state index contributed by atoms with van der Waals surface area (Å²) in [7, 11) is 0. The van der Waals surface area contributed by atoms with E-state index < -0.39 is 18.2 Å². The first-order valence-electron chi connectivity index (χ1n) is 2.68. The second-order valence-electron chi connectivity index (χ2n) is 1.69. The van der Waals surface area contributed by atoms with Crippen LogP contribution in [0.5, 0.6) is 6.08 Å². The largest absolute Gasteiger partial charge is 0.491 e. The van der Waals surface area contributed by atoms with Crippen molar-refractivity contribution in [1.82, 2.24) is 4.98 Å². The molecule has 0 atom stereocenters. The van der Waals surface area contributed by atoms with Gasteiger partial charge in [-0.05, 0) is 0 Å². The zero-order valence-electron chi connectivity index (χ0n) is 5.46. The minimum absolute atomic E-state index is 0.725. The van der Waals surface area contributed by atoms with Gasteiger partial charge in [-0.1, -0.05) is 0 Å². The van der Waals surface area contributed by atoms with E-state index >= 15 is 0 Å². The summed E-state index contributed by atoms with van der Waals surface area (Å²) in [4.78, 5) is 13.2. The number of hydrogen-bond acceptors (Lipinski definition) is 4. The Bertz CT molecular complexity index is 266. The summed E-state index contributed by atoms with van der Waals surface area (Å²) in [5.41, 5.74) is 0. The Morgan fingerprint density at radius 1 is 1.58 bits per heavy atom. The number of nitrogens with zero attached hydrogens (tertiary/aromatic N) is 1. The number of carbonyl (C=O) groups is 1. The molecule has 1 rings (SSSR count). The van der Waals surface area contributed by atoms with Gasteiger partial charge in [0.2, 0.25) is 0 Å².